The first-order valence-corrected chi connectivity index (χ1v) is 9.78. The van der Waals surface area contributed by atoms with Crippen molar-refractivity contribution in [1.82, 2.24) is 9.88 Å². The summed E-state index contributed by atoms with van der Waals surface area (Å²) in [7, 11) is 3.47. The molecule has 1 N–H and O–H groups in total. The van der Waals surface area contributed by atoms with Crippen LogP contribution in [0.25, 0.3) is 10.2 Å². The highest BCUT2D eigenvalue weighted by molar-refractivity contribution is 7.18. The van der Waals surface area contributed by atoms with E-state index in [0.29, 0.717) is 16.5 Å². The SMILES string of the molecule is COc1cc(Cl)c(C)cc1NC(=O)CN(C)[C@H](C)c1nc2ccccc2s1. The van der Waals surface area contributed by atoms with E-state index in [1.54, 1.807) is 24.5 Å². The van der Waals surface area contributed by atoms with Gasteiger partial charge >= 0.3 is 0 Å². The Kier molecular flexibility index (Phi) is 5.99. The van der Waals surface area contributed by atoms with Crippen LogP contribution in [0.5, 0.6) is 5.75 Å². The van der Waals surface area contributed by atoms with Crippen molar-refractivity contribution in [2.45, 2.75) is 19.9 Å². The first-order chi connectivity index (χ1) is 12.9. The number of hydrogen-bond acceptors (Lipinski definition) is 5. The summed E-state index contributed by atoms with van der Waals surface area (Å²) in [6.07, 6.45) is 0. The van der Waals surface area contributed by atoms with E-state index in [2.05, 4.69) is 23.3 Å². The lowest BCUT2D eigenvalue weighted by Gasteiger charge is -2.22. The van der Waals surface area contributed by atoms with Crippen LogP contribution in [0.2, 0.25) is 5.02 Å². The van der Waals surface area contributed by atoms with Crippen LogP contribution < -0.4 is 10.1 Å². The number of ether oxygens (including phenoxy) is 1. The Morgan fingerprint density at radius 2 is 2.11 bits per heavy atom. The normalized spacial score (nSPS) is 12.4. The number of rotatable bonds is 6. The molecular formula is C20H22ClN3O2S. The minimum Gasteiger partial charge on any atom is -0.495 e. The van der Waals surface area contributed by atoms with Gasteiger partial charge in [-0.25, -0.2) is 4.98 Å². The fourth-order valence-electron chi connectivity index (χ4n) is 2.74. The topological polar surface area (TPSA) is 54.5 Å². The molecule has 0 fully saturated rings. The van der Waals surface area contributed by atoms with Gasteiger partial charge in [0.15, 0.2) is 0 Å². The lowest BCUT2D eigenvalue weighted by atomic mass is 10.2. The molecule has 1 heterocycles. The zero-order valence-electron chi connectivity index (χ0n) is 15.7. The number of likely N-dealkylation sites (N-methyl/N-ethyl adjacent to an activating group) is 1. The third-order valence-corrected chi connectivity index (χ3v) is 6.09. The summed E-state index contributed by atoms with van der Waals surface area (Å²) in [6, 6.07) is 11.6. The number of carbonyl (C=O) groups excluding carboxylic acids is 1. The minimum atomic E-state index is -0.120. The van der Waals surface area contributed by atoms with Gasteiger partial charge in [0.1, 0.15) is 10.8 Å². The Balaban J connectivity index is 1.69. The van der Waals surface area contributed by atoms with Gasteiger partial charge in [-0.3, -0.25) is 9.69 Å². The molecule has 2 aromatic carbocycles. The summed E-state index contributed by atoms with van der Waals surface area (Å²) < 4.78 is 6.47. The number of carbonyl (C=O) groups is 1. The standard InChI is InChI=1S/C20H22ClN3O2S/c1-12-9-16(17(26-4)10-14(12)21)22-19(25)11-24(3)13(2)20-23-15-7-5-6-8-18(15)27-20/h5-10,13H,11H2,1-4H3,(H,22,25)/t13-/m1/s1. The van der Waals surface area contributed by atoms with Gasteiger partial charge in [0.25, 0.3) is 0 Å². The summed E-state index contributed by atoms with van der Waals surface area (Å²) >= 11 is 7.78. The second-order valence-corrected chi connectivity index (χ2v) is 7.93. The minimum absolute atomic E-state index is 0.0296. The molecule has 0 radical (unpaired) electrons. The molecule has 0 unspecified atom stereocenters. The highest BCUT2D eigenvalue weighted by atomic mass is 35.5. The number of aromatic nitrogens is 1. The second-order valence-electron chi connectivity index (χ2n) is 6.46. The smallest absolute Gasteiger partial charge is 0.238 e. The molecule has 1 aromatic heterocycles. The van der Waals surface area contributed by atoms with E-state index in [9.17, 15) is 4.79 Å². The van der Waals surface area contributed by atoms with Crippen LogP contribution in [-0.4, -0.2) is 36.5 Å². The zero-order valence-corrected chi connectivity index (χ0v) is 17.3. The van der Waals surface area contributed by atoms with Crippen LogP contribution >= 0.6 is 22.9 Å². The van der Waals surface area contributed by atoms with E-state index in [1.807, 2.05) is 43.1 Å². The fraction of sp³-hybridized carbons (Fsp3) is 0.300. The van der Waals surface area contributed by atoms with Crippen molar-refractivity contribution in [3.8, 4) is 5.75 Å². The molecule has 0 aliphatic rings. The Hall–Kier alpha value is -2.15. The number of fused-ring (bicyclic) bond motifs is 1. The summed E-state index contributed by atoms with van der Waals surface area (Å²) in [5.74, 6) is 0.423. The third-order valence-electron chi connectivity index (χ3n) is 4.48. The number of amides is 1. The van der Waals surface area contributed by atoms with Crippen LogP contribution in [0.3, 0.4) is 0 Å². The molecule has 0 aliphatic carbocycles. The molecule has 0 saturated carbocycles. The van der Waals surface area contributed by atoms with Crippen LogP contribution in [-0.2, 0) is 4.79 Å². The van der Waals surface area contributed by atoms with Crippen LogP contribution in [0.15, 0.2) is 36.4 Å². The summed E-state index contributed by atoms with van der Waals surface area (Å²) in [5, 5.41) is 4.51. The van der Waals surface area contributed by atoms with Gasteiger partial charge in [0.05, 0.1) is 35.6 Å². The summed E-state index contributed by atoms with van der Waals surface area (Å²) in [4.78, 5) is 19.2. The Morgan fingerprint density at radius 1 is 1.37 bits per heavy atom. The predicted octanol–water partition coefficient (Wildman–Crippen LogP) is 4.90. The van der Waals surface area contributed by atoms with Gasteiger partial charge < -0.3 is 10.1 Å². The molecular weight excluding hydrogens is 382 g/mol. The Labute approximate surface area is 167 Å². The highest BCUT2D eigenvalue weighted by Gasteiger charge is 2.19. The molecule has 1 atom stereocenters. The van der Waals surface area contributed by atoms with Gasteiger partial charge in [-0.2, -0.15) is 0 Å². The lowest BCUT2D eigenvalue weighted by Crippen LogP contribution is -2.32. The first kappa shape index (κ1) is 19.6. The quantitative estimate of drug-likeness (QED) is 0.636. The highest BCUT2D eigenvalue weighted by Crippen LogP contribution is 2.31. The molecule has 3 aromatic rings. The van der Waals surface area contributed by atoms with Crippen molar-refractivity contribution in [2.75, 3.05) is 26.0 Å². The number of nitrogens with one attached hydrogen (secondary N) is 1. The van der Waals surface area contributed by atoms with E-state index < -0.39 is 0 Å². The summed E-state index contributed by atoms with van der Waals surface area (Å²) in [5.41, 5.74) is 2.48. The van der Waals surface area contributed by atoms with Crippen molar-refractivity contribution in [3.05, 3.63) is 52.0 Å². The molecule has 0 spiro atoms. The van der Waals surface area contributed by atoms with Crippen molar-refractivity contribution >= 4 is 44.7 Å². The maximum atomic E-state index is 12.5. The number of anilines is 1. The molecule has 142 valence electrons. The molecule has 0 saturated heterocycles. The van der Waals surface area contributed by atoms with Gasteiger partial charge in [-0.05, 0) is 44.7 Å². The lowest BCUT2D eigenvalue weighted by molar-refractivity contribution is -0.117. The number of halogens is 1. The molecule has 3 rings (SSSR count). The zero-order chi connectivity index (χ0) is 19.6. The van der Waals surface area contributed by atoms with E-state index in [-0.39, 0.29) is 18.5 Å². The van der Waals surface area contributed by atoms with Gasteiger partial charge in [0, 0.05) is 11.1 Å². The van der Waals surface area contributed by atoms with Crippen LogP contribution in [0.4, 0.5) is 5.69 Å². The Bertz CT molecular complexity index is 940. The average Bonchev–Trinajstić information content (AvgIpc) is 3.07. The maximum Gasteiger partial charge on any atom is 0.238 e. The van der Waals surface area contributed by atoms with E-state index in [4.69, 9.17) is 16.3 Å². The van der Waals surface area contributed by atoms with Crippen LogP contribution in [0.1, 0.15) is 23.5 Å². The monoisotopic (exact) mass is 403 g/mol. The van der Waals surface area contributed by atoms with Crippen molar-refractivity contribution in [1.29, 1.82) is 0 Å². The largest absolute Gasteiger partial charge is 0.495 e. The average molecular weight is 404 g/mol. The fourth-order valence-corrected chi connectivity index (χ4v) is 3.98. The van der Waals surface area contributed by atoms with E-state index in [0.717, 1.165) is 20.8 Å². The number of benzene rings is 2. The number of para-hydroxylation sites is 1. The maximum absolute atomic E-state index is 12.5. The molecule has 7 heteroatoms. The van der Waals surface area contributed by atoms with Gasteiger partial charge in [0.2, 0.25) is 5.91 Å². The van der Waals surface area contributed by atoms with Crippen molar-refractivity contribution in [3.63, 3.8) is 0 Å². The third kappa shape index (κ3) is 4.40. The first-order valence-electron chi connectivity index (χ1n) is 8.58. The predicted molar refractivity (Wildman–Crippen MR) is 112 cm³/mol. The van der Waals surface area contributed by atoms with E-state index >= 15 is 0 Å². The van der Waals surface area contributed by atoms with Crippen molar-refractivity contribution < 1.29 is 9.53 Å². The van der Waals surface area contributed by atoms with Crippen molar-refractivity contribution in [2.24, 2.45) is 0 Å². The number of aryl methyl sites for hydroxylation is 1. The number of thiazole rings is 1. The molecule has 5 nitrogen and oxygen atoms in total. The molecule has 27 heavy (non-hydrogen) atoms. The van der Waals surface area contributed by atoms with Gasteiger partial charge in [-0.15, -0.1) is 11.3 Å². The van der Waals surface area contributed by atoms with Gasteiger partial charge in [-0.1, -0.05) is 23.7 Å². The Morgan fingerprint density at radius 3 is 2.81 bits per heavy atom. The van der Waals surface area contributed by atoms with Crippen LogP contribution in [0, 0.1) is 6.92 Å². The molecule has 0 aliphatic heterocycles. The van der Waals surface area contributed by atoms with E-state index in [1.165, 1.54) is 0 Å². The number of nitrogens with zero attached hydrogens (tertiary/aromatic N) is 2. The number of hydrogen-bond donors (Lipinski definition) is 1. The molecule has 0 bridgehead atoms. The summed E-state index contributed by atoms with van der Waals surface area (Å²) in [6.45, 7) is 4.18. The molecule has 1 amide bonds. The second kappa shape index (κ2) is 8.25. The number of methoxy groups -OCH3 is 1.